The molecule has 12 rings (SSSR count). The maximum Gasteiger partial charge on any atom is 0.0715 e. The predicted octanol–water partition coefficient (Wildman–Crippen LogP) is 16.8. The fraction of sp³-hybridized carbons (Fsp3) is 0.0161. The normalized spacial score (nSPS) is 11.2. The Morgan fingerprint density at radius 1 is 0.308 bits per heavy atom. The molecule has 3 nitrogen and oxygen atoms in total. The maximum atomic E-state index is 5.31. The van der Waals surface area contributed by atoms with E-state index >= 15 is 0 Å². The van der Waals surface area contributed by atoms with Gasteiger partial charge in [0, 0.05) is 44.0 Å². The molecule has 0 aliphatic heterocycles. The van der Waals surface area contributed by atoms with E-state index in [4.69, 9.17) is 4.98 Å². The maximum absolute atomic E-state index is 5.31. The molecule has 0 aliphatic carbocycles. The Labute approximate surface area is 379 Å². The molecule has 0 saturated carbocycles. The number of hydrogen-bond acceptors (Lipinski definition) is 1. The number of benzene rings is 9. The van der Waals surface area contributed by atoms with Crippen LogP contribution >= 0.6 is 0 Å². The molecule has 65 heavy (non-hydrogen) atoms. The second-order valence-electron chi connectivity index (χ2n) is 16.4. The minimum atomic E-state index is 0.940. The lowest BCUT2D eigenvalue weighted by atomic mass is 9.97. The summed E-state index contributed by atoms with van der Waals surface area (Å²) in [6, 6.07) is 85.1. The Balaban J connectivity index is 0.00000152. The summed E-state index contributed by atoms with van der Waals surface area (Å²) in [5, 5.41) is 5.05. The number of para-hydroxylation sites is 4. The summed E-state index contributed by atoms with van der Waals surface area (Å²) < 4.78 is 4.75. The SMILES string of the molecule is C=CC.c1ccc(-c2cc(-c3ccc(-c4cccc(-n5c6ccccc6c6ccccc65)c4)cc3)nc(-c3ccc(-c4cccc(-n5c6ccccc6c6ccccc65)c4)cc3)c2)cc1. The smallest absolute Gasteiger partial charge is 0.0715 e. The van der Waals surface area contributed by atoms with Gasteiger partial charge in [-0.2, -0.15) is 0 Å². The van der Waals surface area contributed by atoms with E-state index in [0.717, 1.165) is 56.1 Å². The largest absolute Gasteiger partial charge is 0.309 e. The van der Waals surface area contributed by atoms with E-state index < -0.39 is 0 Å². The van der Waals surface area contributed by atoms with Crippen molar-refractivity contribution in [2.45, 2.75) is 6.92 Å². The average Bonchev–Trinajstić information content (AvgIpc) is 3.90. The van der Waals surface area contributed by atoms with Crippen molar-refractivity contribution in [3.8, 4) is 67.3 Å². The first kappa shape index (κ1) is 39.3. The molecular formula is C62H45N3. The molecule has 12 aromatic rings. The molecule has 0 N–H and O–H groups in total. The quantitative estimate of drug-likeness (QED) is 0.147. The molecule has 3 heterocycles. The lowest BCUT2D eigenvalue weighted by Crippen LogP contribution is -1.94. The van der Waals surface area contributed by atoms with Gasteiger partial charge in [0.25, 0.3) is 0 Å². The fourth-order valence-corrected chi connectivity index (χ4v) is 9.34. The lowest BCUT2D eigenvalue weighted by Gasteiger charge is -2.13. The van der Waals surface area contributed by atoms with Crippen LogP contribution in [-0.2, 0) is 0 Å². The highest BCUT2D eigenvalue weighted by molar-refractivity contribution is 6.10. The number of hydrogen-bond donors (Lipinski definition) is 0. The van der Waals surface area contributed by atoms with Crippen LogP contribution in [0.2, 0.25) is 0 Å². The third kappa shape index (κ3) is 7.29. The Hall–Kier alpha value is -8.53. The van der Waals surface area contributed by atoms with E-state index in [9.17, 15) is 0 Å². The van der Waals surface area contributed by atoms with Crippen LogP contribution in [0, 0.1) is 0 Å². The van der Waals surface area contributed by atoms with E-state index in [0.29, 0.717) is 0 Å². The summed E-state index contributed by atoms with van der Waals surface area (Å²) in [7, 11) is 0. The average molecular weight is 832 g/mol. The van der Waals surface area contributed by atoms with Gasteiger partial charge in [-0.1, -0.05) is 182 Å². The van der Waals surface area contributed by atoms with Gasteiger partial charge in [-0.05, 0) is 101 Å². The first-order valence-corrected chi connectivity index (χ1v) is 22.2. The second kappa shape index (κ2) is 17.0. The zero-order valence-electron chi connectivity index (χ0n) is 36.1. The van der Waals surface area contributed by atoms with Crippen LogP contribution < -0.4 is 0 Å². The molecule has 0 amide bonds. The molecule has 0 saturated heterocycles. The van der Waals surface area contributed by atoms with Gasteiger partial charge in [-0.3, -0.25) is 0 Å². The van der Waals surface area contributed by atoms with Crippen molar-refractivity contribution < 1.29 is 0 Å². The molecule has 0 radical (unpaired) electrons. The summed E-state index contributed by atoms with van der Waals surface area (Å²) in [5.41, 5.74) is 18.1. The van der Waals surface area contributed by atoms with Crippen molar-refractivity contribution in [1.29, 1.82) is 0 Å². The molecule has 0 bridgehead atoms. The highest BCUT2D eigenvalue weighted by Gasteiger charge is 2.15. The Kier molecular flexibility index (Phi) is 10.3. The molecule has 3 heteroatoms. The van der Waals surface area contributed by atoms with Gasteiger partial charge in [0.05, 0.1) is 33.5 Å². The fourth-order valence-electron chi connectivity index (χ4n) is 9.34. The van der Waals surface area contributed by atoms with Crippen LogP contribution in [0.1, 0.15) is 6.92 Å². The standard InChI is InChI=1S/C59H39N3.C3H6/c1-2-14-40(15-3-1)47-38-54(43-32-28-41(29-33-43)45-16-12-18-48(36-45)61-56-24-8-4-20-50(56)51-21-5-9-25-57(51)61)60-55(39-47)44-34-30-42(31-35-44)46-17-13-19-49(37-46)62-58-26-10-6-22-52(58)53-23-7-11-27-59(53)62;1-3-2/h1-39H;3H,1H2,2H3. The van der Waals surface area contributed by atoms with E-state index in [1.807, 2.05) is 6.92 Å². The van der Waals surface area contributed by atoms with Gasteiger partial charge in [0.2, 0.25) is 0 Å². The predicted molar refractivity (Wildman–Crippen MR) is 276 cm³/mol. The monoisotopic (exact) mass is 831 g/mol. The highest BCUT2D eigenvalue weighted by atomic mass is 15.0. The van der Waals surface area contributed by atoms with Crippen molar-refractivity contribution in [1.82, 2.24) is 14.1 Å². The minimum Gasteiger partial charge on any atom is -0.309 e. The molecule has 0 atom stereocenters. The number of aromatic nitrogens is 3. The Bertz CT molecular complexity index is 3340. The van der Waals surface area contributed by atoms with E-state index in [-0.39, 0.29) is 0 Å². The van der Waals surface area contributed by atoms with Crippen molar-refractivity contribution in [3.63, 3.8) is 0 Å². The highest BCUT2D eigenvalue weighted by Crippen LogP contribution is 2.37. The lowest BCUT2D eigenvalue weighted by molar-refractivity contribution is 1.18. The van der Waals surface area contributed by atoms with Gasteiger partial charge >= 0.3 is 0 Å². The summed E-state index contributed by atoms with van der Waals surface area (Å²) >= 11 is 0. The number of rotatable bonds is 7. The van der Waals surface area contributed by atoms with E-state index in [1.54, 1.807) is 6.08 Å². The van der Waals surface area contributed by atoms with Gasteiger partial charge in [-0.25, -0.2) is 4.98 Å². The zero-order valence-corrected chi connectivity index (χ0v) is 36.1. The molecule has 9 aromatic carbocycles. The topological polar surface area (TPSA) is 22.8 Å². The first-order valence-electron chi connectivity index (χ1n) is 22.2. The van der Waals surface area contributed by atoms with Crippen LogP contribution in [-0.4, -0.2) is 14.1 Å². The molecule has 3 aromatic heterocycles. The van der Waals surface area contributed by atoms with Crippen LogP contribution in [0.25, 0.3) is 111 Å². The molecule has 0 aliphatic rings. The van der Waals surface area contributed by atoms with Crippen LogP contribution in [0.15, 0.2) is 249 Å². The second-order valence-corrected chi connectivity index (χ2v) is 16.4. The van der Waals surface area contributed by atoms with Gasteiger partial charge in [0.1, 0.15) is 0 Å². The number of pyridine rings is 1. The third-order valence-electron chi connectivity index (χ3n) is 12.3. The number of fused-ring (bicyclic) bond motifs is 6. The van der Waals surface area contributed by atoms with Crippen LogP contribution in [0.3, 0.4) is 0 Å². The molecule has 0 fully saturated rings. The Morgan fingerprint density at radius 3 is 1.00 bits per heavy atom. The van der Waals surface area contributed by atoms with Crippen LogP contribution in [0.4, 0.5) is 0 Å². The van der Waals surface area contributed by atoms with Crippen molar-refractivity contribution in [3.05, 3.63) is 249 Å². The summed E-state index contributed by atoms with van der Waals surface area (Å²) in [6.45, 7) is 5.25. The van der Waals surface area contributed by atoms with Gasteiger partial charge in [0.15, 0.2) is 0 Å². The Morgan fingerprint density at radius 2 is 0.615 bits per heavy atom. The van der Waals surface area contributed by atoms with Gasteiger partial charge < -0.3 is 9.13 Å². The van der Waals surface area contributed by atoms with Crippen LogP contribution in [0.5, 0.6) is 0 Å². The molecule has 0 spiro atoms. The molecule has 0 unspecified atom stereocenters. The van der Waals surface area contributed by atoms with E-state index in [2.05, 4.69) is 252 Å². The molecule has 308 valence electrons. The summed E-state index contributed by atoms with van der Waals surface area (Å²) in [4.78, 5) is 5.31. The minimum absolute atomic E-state index is 0.940. The zero-order chi connectivity index (χ0) is 43.7. The molecular weight excluding hydrogens is 787 g/mol. The summed E-state index contributed by atoms with van der Waals surface area (Å²) in [5.74, 6) is 0. The van der Waals surface area contributed by atoms with Crippen molar-refractivity contribution >= 4 is 43.6 Å². The summed E-state index contributed by atoms with van der Waals surface area (Å²) in [6.07, 6.45) is 1.75. The number of nitrogens with zero attached hydrogens (tertiary/aromatic N) is 3. The third-order valence-corrected chi connectivity index (χ3v) is 12.3. The van der Waals surface area contributed by atoms with Gasteiger partial charge in [-0.15, -0.1) is 6.58 Å². The van der Waals surface area contributed by atoms with E-state index in [1.165, 1.54) is 54.7 Å². The number of allylic oxidation sites excluding steroid dienone is 1. The first-order chi connectivity index (χ1) is 32.1. The van der Waals surface area contributed by atoms with Crippen molar-refractivity contribution in [2.24, 2.45) is 0 Å². The van der Waals surface area contributed by atoms with Crippen molar-refractivity contribution in [2.75, 3.05) is 0 Å².